The highest BCUT2D eigenvalue weighted by Gasteiger charge is 2.30. The minimum absolute atomic E-state index is 0.172. The molecule has 0 saturated carbocycles. The Hall–Kier alpha value is -1.91. The summed E-state index contributed by atoms with van der Waals surface area (Å²) in [6.45, 7) is 5.82. The summed E-state index contributed by atoms with van der Waals surface area (Å²) < 4.78 is 28.0. The maximum Gasteiger partial charge on any atom is 0.244 e. The van der Waals surface area contributed by atoms with E-state index in [1.807, 2.05) is 38.1 Å². The lowest BCUT2D eigenvalue weighted by atomic mass is 10.1. The average molecular weight is 617 g/mol. The van der Waals surface area contributed by atoms with E-state index in [1.54, 1.807) is 25.1 Å². The normalized spacial score (nSPS) is 12.2. The molecule has 1 unspecified atom stereocenters. The predicted molar refractivity (Wildman–Crippen MR) is 143 cm³/mol. The van der Waals surface area contributed by atoms with Gasteiger partial charge in [0.05, 0.1) is 11.9 Å². The molecule has 1 atom stereocenters. The topological polar surface area (TPSA) is 86.8 Å². The molecule has 2 rings (SSSR count). The Labute approximate surface area is 219 Å². The first-order valence-electron chi connectivity index (χ1n) is 11.0. The van der Waals surface area contributed by atoms with Crippen molar-refractivity contribution in [3.8, 4) is 0 Å². The lowest BCUT2D eigenvalue weighted by molar-refractivity contribution is -0.139. The van der Waals surface area contributed by atoms with E-state index < -0.39 is 28.5 Å². The van der Waals surface area contributed by atoms with Gasteiger partial charge in [-0.25, -0.2) is 8.42 Å². The van der Waals surface area contributed by atoms with Crippen LogP contribution in [0.4, 0.5) is 5.69 Å². The van der Waals surface area contributed by atoms with Gasteiger partial charge in [0, 0.05) is 22.0 Å². The Balaban J connectivity index is 2.35. The highest BCUT2D eigenvalue weighted by atomic mass is 79.9. The standard InChI is InChI=1S/C24H31Br2N3O4S/c1-5-6-13-27-24(31)18(3)28(15-19-7-9-20(25)10-8-19)23(30)16-29(34(4,32)33)21-11-12-22(26)17(2)14-21/h7-12,14,18H,5-6,13,15-16H2,1-4H3,(H,27,31). The van der Waals surface area contributed by atoms with Crippen molar-refractivity contribution in [3.05, 3.63) is 62.5 Å². The second-order valence-corrected chi connectivity index (χ2v) is 11.8. The number of hydrogen-bond donors (Lipinski definition) is 1. The summed E-state index contributed by atoms with van der Waals surface area (Å²) in [6, 6.07) is 11.8. The van der Waals surface area contributed by atoms with Crippen molar-refractivity contribution >= 4 is 59.4 Å². The van der Waals surface area contributed by atoms with E-state index in [0.717, 1.165) is 43.5 Å². The summed E-state index contributed by atoms with van der Waals surface area (Å²) in [7, 11) is -3.75. The highest BCUT2D eigenvalue weighted by molar-refractivity contribution is 9.10. The summed E-state index contributed by atoms with van der Waals surface area (Å²) in [5.41, 5.74) is 2.06. The van der Waals surface area contributed by atoms with Crippen LogP contribution in [-0.4, -0.2) is 50.5 Å². The maximum atomic E-state index is 13.5. The van der Waals surface area contributed by atoms with E-state index in [-0.39, 0.29) is 12.5 Å². The zero-order valence-electron chi connectivity index (χ0n) is 19.8. The molecule has 0 aliphatic rings. The van der Waals surface area contributed by atoms with Gasteiger partial charge in [0.25, 0.3) is 0 Å². The van der Waals surface area contributed by atoms with E-state index in [9.17, 15) is 18.0 Å². The van der Waals surface area contributed by atoms with Crippen LogP contribution in [0.1, 0.15) is 37.8 Å². The number of amides is 2. The second-order valence-electron chi connectivity index (χ2n) is 8.17. The fourth-order valence-electron chi connectivity index (χ4n) is 3.30. The second kappa shape index (κ2) is 12.7. The van der Waals surface area contributed by atoms with E-state index in [4.69, 9.17) is 0 Å². The molecule has 34 heavy (non-hydrogen) atoms. The molecule has 0 spiro atoms. The number of halogens is 2. The zero-order valence-corrected chi connectivity index (χ0v) is 23.8. The maximum absolute atomic E-state index is 13.5. The SMILES string of the molecule is CCCCNC(=O)C(C)N(Cc1ccc(Br)cc1)C(=O)CN(c1ccc(Br)c(C)c1)S(C)(=O)=O. The minimum Gasteiger partial charge on any atom is -0.354 e. The smallest absolute Gasteiger partial charge is 0.244 e. The molecule has 2 aromatic carbocycles. The molecule has 0 fully saturated rings. The molecule has 0 aliphatic carbocycles. The summed E-state index contributed by atoms with van der Waals surface area (Å²) in [5, 5.41) is 2.87. The predicted octanol–water partition coefficient (Wildman–Crippen LogP) is 4.62. The molecule has 0 aliphatic heterocycles. The number of hydrogen-bond acceptors (Lipinski definition) is 4. The molecule has 1 N–H and O–H groups in total. The van der Waals surface area contributed by atoms with Crippen LogP contribution in [0, 0.1) is 6.92 Å². The Morgan fingerprint density at radius 2 is 1.74 bits per heavy atom. The van der Waals surface area contributed by atoms with Crippen molar-refractivity contribution in [2.75, 3.05) is 23.7 Å². The molecule has 7 nitrogen and oxygen atoms in total. The van der Waals surface area contributed by atoms with Crippen LogP contribution >= 0.6 is 31.9 Å². The fourth-order valence-corrected chi connectivity index (χ4v) is 4.66. The molecule has 0 heterocycles. The fraction of sp³-hybridized carbons (Fsp3) is 0.417. The number of aryl methyl sites for hydroxylation is 1. The van der Waals surface area contributed by atoms with Gasteiger partial charge in [-0.05, 0) is 61.7 Å². The molecular formula is C24H31Br2N3O4S. The van der Waals surface area contributed by atoms with Gasteiger partial charge in [-0.1, -0.05) is 57.3 Å². The van der Waals surface area contributed by atoms with Gasteiger partial charge in [-0.15, -0.1) is 0 Å². The largest absolute Gasteiger partial charge is 0.354 e. The molecular weight excluding hydrogens is 586 g/mol. The van der Waals surface area contributed by atoms with Gasteiger partial charge in [0.15, 0.2) is 0 Å². The number of sulfonamides is 1. The molecule has 186 valence electrons. The molecule has 0 bridgehead atoms. The number of nitrogens with zero attached hydrogens (tertiary/aromatic N) is 2. The third-order valence-electron chi connectivity index (χ3n) is 5.37. The number of anilines is 1. The van der Waals surface area contributed by atoms with Crippen LogP contribution in [0.5, 0.6) is 0 Å². The first kappa shape index (κ1) is 28.3. The van der Waals surface area contributed by atoms with Crippen molar-refractivity contribution in [1.29, 1.82) is 0 Å². The number of rotatable bonds is 11. The quantitative estimate of drug-likeness (QED) is 0.373. The van der Waals surface area contributed by atoms with E-state index >= 15 is 0 Å². The van der Waals surface area contributed by atoms with Gasteiger partial charge in [-0.2, -0.15) is 0 Å². The van der Waals surface area contributed by atoms with E-state index in [1.165, 1.54) is 4.90 Å². The van der Waals surface area contributed by atoms with Crippen molar-refractivity contribution in [3.63, 3.8) is 0 Å². The number of benzene rings is 2. The van der Waals surface area contributed by atoms with Gasteiger partial charge >= 0.3 is 0 Å². The molecule has 0 aromatic heterocycles. The number of carbonyl (C=O) groups excluding carboxylic acids is 2. The van der Waals surface area contributed by atoms with Crippen LogP contribution < -0.4 is 9.62 Å². The van der Waals surface area contributed by atoms with Gasteiger partial charge in [0.1, 0.15) is 12.6 Å². The monoisotopic (exact) mass is 615 g/mol. The van der Waals surface area contributed by atoms with Gasteiger partial charge in [0.2, 0.25) is 21.8 Å². The summed E-state index contributed by atoms with van der Waals surface area (Å²) >= 11 is 6.81. The van der Waals surface area contributed by atoms with Gasteiger partial charge < -0.3 is 10.2 Å². The van der Waals surface area contributed by atoms with Crippen LogP contribution in [-0.2, 0) is 26.2 Å². The van der Waals surface area contributed by atoms with Crippen molar-refractivity contribution < 1.29 is 18.0 Å². The third kappa shape index (κ3) is 8.09. The lowest BCUT2D eigenvalue weighted by Crippen LogP contribution is -2.51. The minimum atomic E-state index is -3.75. The molecule has 10 heteroatoms. The van der Waals surface area contributed by atoms with E-state index in [2.05, 4.69) is 37.2 Å². The molecule has 2 amide bonds. The summed E-state index contributed by atoms with van der Waals surface area (Å²) in [4.78, 5) is 27.7. The first-order chi connectivity index (χ1) is 15.9. The average Bonchev–Trinajstić information content (AvgIpc) is 2.77. The summed E-state index contributed by atoms with van der Waals surface area (Å²) in [5.74, 6) is -0.739. The Kier molecular flexibility index (Phi) is 10.6. The Morgan fingerprint density at radius 1 is 1.09 bits per heavy atom. The number of carbonyl (C=O) groups is 2. The third-order valence-corrected chi connectivity index (χ3v) is 7.93. The molecule has 2 aromatic rings. The van der Waals surface area contributed by atoms with E-state index in [0.29, 0.717) is 12.2 Å². The van der Waals surface area contributed by atoms with Crippen molar-refractivity contribution in [2.45, 2.75) is 46.2 Å². The zero-order chi connectivity index (χ0) is 25.5. The van der Waals surface area contributed by atoms with Crippen molar-refractivity contribution in [1.82, 2.24) is 10.2 Å². The van der Waals surface area contributed by atoms with Crippen LogP contribution in [0.2, 0.25) is 0 Å². The van der Waals surface area contributed by atoms with Crippen molar-refractivity contribution in [2.24, 2.45) is 0 Å². The molecule has 0 saturated heterocycles. The number of nitrogens with one attached hydrogen (secondary N) is 1. The highest BCUT2D eigenvalue weighted by Crippen LogP contribution is 2.25. The van der Waals surface area contributed by atoms with Crippen LogP contribution in [0.3, 0.4) is 0 Å². The van der Waals surface area contributed by atoms with Gasteiger partial charge in [-0.3, -0.25) is 13.9 Å². The first-order valence-corrected chi connectivity index (χ1v) is 14.4. The Morgan fingerprint density at radius 3 is 2.29 bits per heavy atom. The summed E-state index contributed by atoms with van der Waals surface area (Å²) in [6.07, 6.45) is 2.84. The van der Waals surface area contributed by atoms with Crippen LogP contribution in [0.15, 0.2) is 51.4 Å². The number of unbranched alkanes of at least 4 members (excludes halogenated alkanes) is 1. The lowest BCUT2D eigenvalue weighted by Gasteiger charge is -2.31. The Bertz CT molecular complexity index is 1110. The van der Waals surface area contributed by atoms with Crippen LogP contribution in [0.25, 0.3) is 0 Å². The molecule has 0 radical (unpaired) electrons.